The summed E-state index contributed by atoms with van der Waals surface area (Å²) in [5.41, 5.74) is -0.466. The highest BCUT2D eigenvalue weighted by Crippen LogP contribution is 2.48. The lowest BCUT2D eigenvalue weighted by atomic mass is 9.62. The van der Waals surface area contributed by atoms with E-state index in [1.165, 1.54) is 7.11 Å². The average Bonchev–Trinajstić information content (AvgIpc) is 2.26. The van der Waals surface area contributed by atoms with Crippen LogP contribution in [-0.2, 0) is 19.1 Å². The Morgan fingerprint density at radius 2 is 2.06 bits per heavy atom. The summed E-state index contributed by atoms with van der Waals surface area (Å²) in [6.45, 7) is 6.08. The van der Waals surface area contributed by atoms with Gasteiger partial charge in [-0.15, -0.1) is 0 Å². The molecule has 4 heteroatoms. The van der Waals surface area contributed by atoms with E-state index in [-0.39, 0.29) is 11.8 Å². The highest BCUT2D eigenvalue weighted by Gasteiger charge is 2.54. The van der Waals surface area contributed by atoms with Gasteiger partial charge in [0.1, 0.15) is 5.60 Å². The minimum absolute atomic E-state index is 0.0671. The molecule has 18 heavy (non-hydrogen) atoms. The zero-order valence-electron chi connectivity index (χ0n) is 11.6. The molecule has 2 rings (SSSR count). The number of esters is 2. The van der Waals surface area contributed by atoms with Crippen molar-refractivity contribution in [2.45, 2.75) is 45.6 Å². The number of fused-ring (bicyclic) bond motifs is 1. The Labute approximate surface area is 108 Å². The van der Waals surface area contributed by atoms with Crippen molar-refractivity contribution in [2.24, 2.45) is 23.7 Å². The van der Waals surface area contributed by atoms with Gasteiger partial charge in [0.05, 0.1) is 7.11 Å². The lowest BCUT2D eigenvalue weighted by molar-refractivity contribution is -0.199. The molecular weight excluding hydrogens is 232 g/mol. The van der Waals surface area contributed by atoms with Crippen molar-refractivity contribution in [2.75, 3.05) is 7.11 Å². The molecule has 0 aromatic rings. The number of cyclic esters (lactones) is 1. The van der Waals surface area contributed by atoms with Crippen LogP contribution in [0, 0.1) is 23.7 Å². The Morgan fingerprint density at radius 3 is 2.67 bits per heavy atom. The largest absolute Gasteiger partial charge is 0.468 e. The Kier molecular flexibility index (Phi) is 3.39. The van der Waals surface area contributed by atoms with Gasteiger partial charge in [0, 0.05) is 5.92 Å². The molecule has 1 saturated heterocycles. The van der Waals surface area contributed by atoms with Gasteiger partial charge in [-0.05, 0) is 38.5 Å². The molecule has 102 valence electrons. The summed E-state index contributed by atoms with van der Waals surface area (Å²) in [6.07, 6.45) is 3.05. The predicted molar refractivity (Wildman–Crippen MR) is 65.7 cm³/mol. The highest BCUT2D eigenvalue weighted by molar-refractivity contribution is 5.96. The van der Waals surface area contributed by atoms with Crippen LogP contribution in [0.3, 0.4) is 0 Å². The van der Waals surface area contributed by atoms with Gasteiger partial charge < -0.3 is 9.47 Å². The number of hydrogen-bond acceptors (Lipinski definition) is 4. The normalized spacial score (nSPS) is 38.6. The summed E-state index contributed by atoms with van der Waals surface area (Å²) in [5.74, 6) is -0.703. The molecule has 0 bridgehead atoms. The highest BCUT2D eigenvalue weighted by atomic mass is 16.6. The SMILES string of the molecule is COC(=O)[C@@H]1C(=O)OC(C)(C)[C@@H]2CC[C@H](C)C[C@@H]12. The third kappa shape index (κ3) is 2.13. The molecule has 1 saturated carbocycles. The third-order valence-corrected chi connectivity index (χ3v) is 4.56. The molecule has 4 atom stereocenters. The van der Waals surface area contributed by atoms with Gasteiger partial charge in [-0.2, -0.15) is 0 Å². The van der Waals surface area contributed by atoms with Crippen molar-refractivity contribution in [3.8, 4) is 0 Å². The molecule has 0 aromatic carbocycles. The van der Waals surface area contributed by atoms with Crippen LogP contribution in [0.15, 0.2) is 0 Å². The lowest BCUT2D eigenvalue weighted by Gasteiger charge is -2.49. The minimum atomic E-state index is -0.726. The van der Waals surface area contributed by atoms with Gasteiger partial charge >= 0.3 is 11.9 Å². The quantitative estimate of drug-likeness (QED) is 0.531. The molecule has 0 spiro atoms. The van der Waals surface area contributed by atoms with Crippen LogP contribution in [0.2, 0.25) is 0 Å². The smallest absolute Gasteiger partial charge is 0.321 e. The third-order valence-electron chi connectivity index (χ3n) is 4.56. The lowest BCUT2D eigenvalue weighted by Crippen LogP contribution is -2.55. The van der Waals surface area contributed by atoms with Crippen molar-refractivity contribution < 1.29 is 19.1 Å². The van der Waals surface area contributed by atoms with E-state index >= 15 is 0 Å². The number of rotatable bonds is 1. The standard InChI is InChI=1S/C14H22O4/c1-8-5-6-10-9(7-8)11(12(15)17-4)13(16)18-14(10,2)3/h8-11H,5-7H2,1-4H3/t8-,9+,10+,11+/m0/s1. The summed E-state index contributed by atoms with van der Waals surface area (Å²) < 4.78 is 10.2. The van der Waals surface area contributed by atoms with Gasteiger partial charge in [0.15, 0.2) is 5.92 Å². The van der Waals surface area contributed by atoms with Crippen LogP contribution in [0.4, 0.5) is 0 Å². The van der Waals surface area contributed by atoms with Crippen molar-refractivity contribution in [3.63, 3.8) is 0 Å². The second-order valence-electron chi connectivity index (χ2n) is 6.21. The molecule has 0 radical (unpaired) electrons. The first-order valence-electron chi connectivity index (χ1n) is 6.67. The average molecular weight is 254 g/mol. The summed E-state index contributed by atoms with van der Waals surface area (Å²) in [7, 11) is 1.33. The van der Waals surface area contributed by atoms with Crippen LogP contribution >= 0.6 is 0 Å². The van der Waals surface area contributed by atoms with E-state index in [9.17, 15) is 9.59 Å². The maximum atomic E-state index is 12.0. The summed E-state index contributed by atoms with van der Waals surface area (Å²) in [6, 6.07) is 0. The van der Waals surface area contributed by atoms with E-state index in [0.717, 1.165) is 19.3 Å². The maximum Gasteiger partial charge on any atom is 0.321 e. The van der Waals surface area contributed by atoms with E-state index in [1.807, 2.05) is 13.8 Å². The molecule has 1 heterocycles. The predicted octanol–water partition coefficient (Wildman–Crippen LogP) is 2.16. The Balaban J connectivity index is 2.31. The first-order chi connectivity index (χ1) is 8.36. The number of carbonyl (C=O) groups is 2. The second-order valence-corrected chi connectivity index (χ2v) is 6.21. The topological polar surface area (TPSA) is 52.6 Å². The molecule has 4 nitrogen and oxygen atoms in total. The monoisotopic (exact) mass is 254 g/mol. The fourth-order valence-corrected chi connectivity index (χ4v) is 3.63. The van der Waals surface area contributed by atoms with Gasteiger partial charge in [-0.3, -0.25) is 9.59 Å². The molecule has 2 aliphatic rings. The van der Waals surface area contributed by atoms with E-state index in [0.29, 0.717) is 5.92 Å². The number of carbonyl (C=O) groups excluding carboxylic acids is 2. The molecule has 0 aromatic heterocycles. The van der Waals surface area contributed by atoms with Crippen molar-refractivity contribution >= 4 is 11.9 Å². The maximum absolute atomic E-state index is 12.0. The number of hydrogen-bond donors (Lipinski definition) is 0. The van der Waals surface area contributed by atoms with Crippen LogP contribution < -0.4 is 0 Å². The zero-order chi connectivity index (χ0) is 13.5. The van der Waals surface area contributed by atoms with Gasteiger partial charge in [0.2, 0.25) is 0 Å². The van der Waals surface area contributed by atoms with Gasteiger partial charge in [-0.25, -0.2) is 0 Å². The minimum Gasteiger partial charge on any atom is -0.468 e. The first kappa shape index (κ1) is 13.4. The summed E-state index contributed by atoms with van der Waals surface area (Å²) in [4.78, 5) is 23.9. The van der Waals surface area contributed by atoms with E-state index in [4.69, 9.17) is 9.47 Å². The van der Waals surface area contributed by atoms with Gasteiger partial charge in [-0.1, -0.05) is 13.3 Å². The van der Waals surface area contributed by atoms with Crippen LogP contribution in [0.1, 0.15) is 40.0 Å². The number of methoxy groups -OCH3 is 1. The fourth-order valence-electron chi connectivity index (χ4n) is 3.63. The van der Waals surface area contributed by atoms with Crippen LogP contribution in [0.25, 0.3) is 0 Å². The van der Waals surface area contributed by atoms with Crippen LogP contribution in [0.5, 0.6) is 0 Å². The molecule has 1 aliphatic carbocycles. The molecule has 0 N–H and O–H groups in total. The molecule has 0 unspecified atom stereocenters. The summed E-state index contributed by atoms with van der Waals surface area (Å²) in [5, 5.41) is 0. The van der Waals surface area contributed by atoms with Crippen molar-refractivity contribution in [3.05, 3.63) is 0 Å². The Bertz CT molecular complexity index is 361. The van der Waals surface area contributed by atoms with Gasteiger partial charge in [0.25, 0.3) is 0 Å². The molecule has 2 fully saturated rings. The summed E-state index contributed by atoms with van der Waals surface area (Å²) >= 11 is 0. The van der Waals surface area contributed by atoms with E-state index < -0.39 is 23.5 Å². The Hall–Kier alpha value is -1.06. The van der Waals surface area contributed by atoms with Crippen LogP contribution in [-0.4, -0.2) is 24.6 Å². The molecule has 0 amide bonds. The molecule has 1 aliphatic heterocycles. The fraction of sp³-hybridized carbons (Fsp3) is 0.857. The van der Waals surface area contributed by atoms with E-state index in [1.54, 1.807) is 0 Å². The Morgan fingerprint density at radius 1 is 1.39 bits per heavy atom. The molecular formula is C14H22O4. The van der Waals surface area contributed by atoms with E-state index in [2.05, 4.69) is 6.92 Å². The second kappa shape index (κ2) is 4.56. The van der Waals surface area contributed by atoms with Crippen molar-refractivity contribution in [1.29, 1.82) is 0 Å². The van der Waals surface area contributed by atoms with Crippen molar-refractivity contribution in [1.82, 2.24) is 0 Å². The zero-order valence-corrected chi connectivity index (χ0v) is 11.6. The number of ether oxygens (including phenoxy) is 2. The first-order valence-corrected chi connectivity index (χ1v) is 6.67.